The molecule has 0 atom stereocenters. The lowest BCUT2D eigenvalue weighted by Crippen LogP contribution is -2.31. The van der Waals surface area contributed by atoms with Crippen LogP contribution in [-0.2, 0) is 10.0 Å². The number of hydrogen-bond donors (Lipinski definition) is 1. The first kappa shape index (κ1) is 16.7. The van der Waals surface area contributed by atoms with Gasteiger partial charge in [0.15, 0.2) is 0 Å². The van der Waals surface area contributed by atoms with Crippen LogP contribution >= 0.6 is 0 Å². The van der Waals surface area contributed by atoms with Crippen molar-refractivity contribution in [1.29, 1.82) is 0 Å². The molecule has 0 aliphatic rings. The summed E-state index contributed by atoms with van der Waals surface area (Å²) in [4.78, 5) is 0. The second-order valence-electron chi connectivity index (χ2n) is 5.39. The van der Waals surface area contributed by atoms with E-state index in [-0.39, 0.29) is 11.7 Å². The minimum atomic E-state index is -3.20. The predicted octanol–water partition coefficient (Wildman–Crippen LogP) is 3.54. The van der Waals surface area contributed by atoms with Crippen LogP contribution in [0.25, 0.3) is 0 Å². The van der Waals surface area contributed by atoms with Crippen molar-refractivity contribution >= 4 is 10.0 Å². The Morgan fingerprint density at radius 2 is 1.41 bits per heavy atom. The molecule has 0 saturated heterocycles. The van der Waals surface area contributed by atoms with Gasteiger partial charge in [0.05, 0.1) is 5.75 Å². The van der Waals surface area contributed by atoms with Gasteiger partial charge in [-0.3, -0.25) is 0 Å². The van der Waals surface area contributed by atoms with E-state index in [1.165, 1.54) is 0 Å². The van der Waals surface area contributed by atoms with Crippen molar-refractivity contribution in [3.05, 3.63) is 71.8 Å². The molecular weight excluding hydrogens is 294 g/mol. The average molecular weight is 317 g/mol. The maximum atomic E-state index is 12.0. The van der Waals surface area contributed by atoms with Gasteiger partial charge in [0.1, 0.15) is 0 Å². The van der Waals surface area contributed by atoms with Gasteiger partial charge in [-0.25, -0.2) is 13.1 Å². The van der Waals surface area contributed by atoms with E-state index in [1.54, 1.807) is 0 Å². The Hall–Kier alpha value is -1.65. The summed E-state index contributed by atoms with van der Waals surface area (Å²) < 4.78 is 26.9. The third-order valence-electron chi connectivity index (χ3n) is 3.68. The molecule has 0 heterocycles. The number of rotatable bonds is 8. The van der Waals surface area contributed by atoms with Gasteiger partial charge in [0.2, 0.25) is 10.0 Å². The fourth-order valence-electron chi connectivity index (χ4n) is 2.42. The molecule has 0 bridgehead atoms. The standard InChI is InChI=1S/C18H23NO2S/c1-2-3-14-22(20,21)19-15-18(16-10-6-4-7-11-16)17-12-8-5-9-13-17/h4-13,18-19H,2-3,14-15H2,1H3. The van der Waals surface area contributed by atoms with Crippen molar-refractivity contribution in [2.75, 3.05) is 12.3 Å². The molecule has 0 spiro atoms. The molecule has 2 rings (SSSR count). The van der Waals surface area contributed by atoms with E-state index in [4.69, 9.17) is 0 Å². The highest BCUT2D eigenvalue weighted by molar-refractivity contribution is 7.89. The van der Waals surface area contributed by atoms with Crippen LogP contribution in [0.5, 0.6) is 0 Å². The van der Waals surface area contributed by atoms with E-state index in [0.717, 1.165) is 17.5 Å². The Kier molecular flexibility index (Phi) is 6.16. The summed E-state index contributed by atoms with van der Waals surface area (Å²) in [6.07, 6.45) is 1.57. The van der Waals surface area contributed by atoms with Crippen LogP contribution in [0, 0.1) is 0 Å². The third kappa shape index (κ3) is 4.97. The van der Waals surface area contributed by atoms with E-state index in [2.05, 4.69) is 4.72 Å². The summed E-state index contributed by atoms with van der Waals surface area (Å²) >= 11 is 0. The highest BCUT2D eigenvalue weighted by atomic mass is 32.2. The Morgan fingerprint density at radius 1 is 0.909 bits per heavy atom. The lowest BCUT2D eigenvalue weighted by atomic mass is 9.92. The van der Waals surface area contributed by atoms with Gasteiger partial charge in [-0.15, -0.1) is 0 Å². The molecule has 0 fully saturated rings. The van der Waals surface area contributed by atoms with Crippen molar-refractivity contribution in [3.8, 4) is 0 Å². The SMILES string of the molecule is CCCCS(=O)(=O)NCC(c1ccccc1)c1ccccc1. The molecule has 2 aromatic rings. The number of hydrogen-bond acceptors (Lipinski definition) is 2. The van der Waals surface area contributed by atoms with Crippen LogP contribution < -0.4 is 4.72 Å². The first-order chi connectivity index (χ1) is 10.6. The van der Waals surface area contributed by atoms with Crippen molar-refractivity contribution in [3.63, 3.8) is 0 Å². The molecular formula is C18H23NO2S. The average Bonchev–Trinajstić information content (AvgIpc) is 2.55. The van der Waals surface area contributed by atoms with Gasteiger partial charge in [-0.1, -0.05) is 74.0 Å². The van der Waals surface area contributed by atoms with E-state index >= 15 is 0 Å². The maximum Gasteiger partial charge on any atom is 0.211 e. The summed E-state index contributed by atoms with van der Waals surface area (Å²) in [6.45, 7) is 2.38. The molecule has 3 nitrogen and oxygen atoms in total. The van der Waals surface area contributed by atoms with Gasteiger partial charge in [0.25, 0.3) is 0 Å². The Balaban J connectivity index is 2.16. The molecule has 0 radical (unpaired) electrons. The van der Waals surface area contributed by atoms with Gasteiger partial charge >= 0.3 is 0 Å². The van der Waals surface area contributed by atoms with Gasteiger partial charge in [0, 0.05) is 12.5 Å². The van der Waals surface area contributed by atoms with Crippen LogP contribution in [0.4, 0.5) is 0 Å². The summed E-state index contributed by atoms with van der Waals surface area (Å²) in [5.41, 5.74) is 2.23. The Morgan fingerprint density at radius 3 is 1.86 bits per heavy atom. The zero-order valence-corrected chi connectivity index (χ0v) is 13.7. The number of benzene rings is 2. The largest absolute Gasteiger partial charge is 0.214 e. The van der Waals surface area contributed by atoms with Crippen LogP contribution in [0.2, 0.25) is 0 Å². The molecule has 0 aliphatic carbocycles. The zero-order chi connectivity index (χ0) is 15.8. The maximum absolute atomic E-state index is 12.0. The molecule has 0 saturated carbocycles. The molecule has 0 amide bonds. The van der Waals surface area contributed by atoms with E-state index in [0.29, 0.717) is 13.0 Å². The Labute approximate surface area is 133 Å². The van der Waals surface area contributed by atoms with Crippen molar-refractivity contribution in [1.82, 2.24) is 4.72 Å². The minimum Gasteiger partial charge on any atom is -0.214 e. The van der Waals surface area contributed by atoms with Crippen LogP contribution in [0.1, 0.15) is 36.8 Å². The van der Waals surface area contributed by atoms with E-state index in [9.17, 15) is 8.42 Å². The second-order valence-corrected chi connectivity index (χ2v) is 7.32. The first-order valence-corrected chi connectivity index (χ1v) is 9.35. The molecule has 0 aromatic heterocycles. The van der Waals surface area contributed by atoms with Crippen molar-refractivity contribution < 1.29 is 8.42 Å². The first-order valence-electron chi connectivity index (χ1n) is 7.69. The smallest absolute Gasteiger partial charge is 0.211 e. The van der Waals surface area contributed by atoms with Crippen LogP contribution in [-0.4, -0.2) is 20.7 Å². The summed E-state index contributed by atoms with van der Waals surface area (Å²) in [5.74, 6) is 0.221. The lowest BCUT2D eigenvalue weighted by molar-refractivity contribution is 0.574. The van der Waals surface area contributed by atoms with Gasteiger partial charge in [-0.2, -0.15) is 0 Å². The Bertz CT molecular complexity index is 615. The van der Waals surface area contributed by atoms with Gasteiger partial charge in [-0.05, 0) is 17.5 Å². The molecule has 0 unspecified atom stereocenters. The lowest BCUT2D eigenvalue weighted by Gasteiger charge is -2.19. The fraction of sp³-hybridized carbons (Fsp3) is 0.333. The monoisotopic (exact) mass is 317 g/mol. The normalized spacial score (nSPS) is 11.7. The third-order valence-corrected chi connectivity index (χ3v) is 5.11. The molecule has 118 valence electrons. The quantitative estimate of drug-likeness (QED) is 0.809. The number of unbranched alkanes of at least 4 members (excludes halogenated alkanes) is 1. The second kappa shape index (κ2) is 8.11. The van der Waals surface area contributed by atoms with Crippen LogP contribution in [0.15, 0.2) is 60.7 Å². The van der Waals surface area contributed by atoms with Gasteiger partial charge < -0.3 is 0 Å². The van der Waals surface area contributed by atoms with E-state index in [1.807, 2.05) is 67.6 Å². The molecule has 1 N–H and O–H groups in total. The molecule has 0 aliphatic heterocycles. The fourth-order valence-corrected chi connectivity index (χ4v) is 3.65. The topological polar surface area (TPSA) is 46.2 Å². The van der Waals surface area contributed by atoms with E-state index < -0.39 is 10.0 Å². The predicted molar refractivity (Wildman–Crippen MR) is 91.4 cm³/mol. The molecule has 4 heteroatoms. The zero-order valence-electron chi connectivity index (χ0n) is 12.9. The van der Waals surface area contributed by atoms with Crippen molar-refractivity contribution in [2.24, 2.45) is 0 Å². The highest BCUT2D eigenvalue weighted by Crippen LogP contribution is 2.23. The number of sulfonamides is 1. The van der Waals surface area contributed by atoms with Crippen LogP contribution in [0.3, 0.4) is 0 Å². The minimum absolute atomic E-state index is 0.0267. The summed E-state index contributed by atoms with van der Waals surface area (Å²) in [5, 5.41) is 0. The summed E-state index contributed by atoms with van der Waals surface area (Å²) in [7, 11) is -3.20. The molecule has 2 aromatic carbocycles. The number of nitrogens with one attached hydrogen (secondary N) is 1. The summed E-state index contributed by atoms with van der Waals surface area (Å²) in [6, 6.07) is 20.0. The van der Waals surface area contributed by atoms with Crippen molar-refractivity contribution in [2.45, 2.75) is 25.7 Å². The molecule has 22 heavy (non-hydrogen) atoms. The highest BCUT2D eigenvalue weighted by Gasteiger charge is 2.17.